The van der Waals surface area contributed by atoms with Crippen molar-refractivity contribution in [2.75, 3.05) is 7.05 Å². The van der Waals surface area contributed by atoms with Crippen LogP contribution in [-0.4, -0.2) is 27.9 Å². The van der Waals surface area contributed by atoms with Gasteiger partial charge in [0.2, 0.25) is 0 Å². The standard InChI is InChI=1S/C13H14N2O3/c1-9-3-4-10(18-9)8-15(2)13(17)11-5-6-14-7-12(11)16/h3-7,16H,8H2,1-2H3. The number of amides is 1. The Hall–Kier alpha value is -2.30. The maximum Gasteiger partial charge on any atom is 0.257 e. The monoisotopic (exact) mass is 246 g/mol. The normalized spacial score (nSPS) is 10.3. The van der Waals surface area contributed by atoms with E-state index in [-0.39, 0.29) is 17.2 Å². The maximum absolute atomic E-state index is 12.1. The van der Waals surface area contributed by atoms with Crippen LogP contribution in [0.4, 0.5) is 0 Å². The zero-order chi connectivity index (χ0) is 13.1. The summed E-state index contributed by atoms with van der Waals surface area (Å²) in [6, 6.07) is 5.16. The highest BCUT2D eigenvalue weighted by Crippen LogP contribution is 2.17. The van der Waals surface area contributed by atoms with E-state index in [1.54, 1.807) is 7.05 Å². The van der Waals surface area contributed by atoms with Crippen molar-refractivity contribution in [1.82, 2.24) is 9.88 Å². The second-order valence-electron chi connectivity index (χ2n) is 4.07. The number of pyridine rings is 1. The summed E-state index contributed by atoms with van der Waals surface area (Å²) in [7, 11) is 1.65. The molecule has 0 saturated carbocycles. The number of carbonyl (C=O) groups excluding carboxylic acids is 1. The Morgan fingerprint density at radius 1 is 1.44 bits per heavy atom. The lowest BCUT2D eigenvalue weighted by Crippen LogP contribution is -2.26. The van der Waals surface area contributed by atoms with Gasteiger partial charge in [-0.1, -0.05) is 0 Å². The third-order valence-electron chi connectivity index (χ3n) is 2.57. The molecule has 0 saturated heterocycles. The number of furan rings is 1. The molecule has 5 nitrogen and oxygen atoms in total. The predicted molar refractivity (Wildman–Crippen MR) is 65.1 cm³/mol. The molecule has 0 aliphatic carbocycles. The minimum atomic E-state index is -0.274. The van der Waals surface area contributed by atoms with E-state index in [1.165, 1.54) is 23.4 Å². The Morgan fingerprint density at radius 3 is 2.83 bits per heavy atom. The fourth-order valence-corrected chi connectivity index (χ4v) is 1.65. The summed E-state index contributed by atoms with van der Waals surface area (Å²) < 4.78 is 5.40. The average Bonchev–Trinajstić information content (AvgIpc) is 2.74. The first-order valence-corrected chi connectivity index (χ1v) is 5.51. The number of nitrogens with zero attached hydrogens (tertiary/aromatic N) is 2. The average molecular weight is 246 g/mol. The third kappa shape index (κ3) is 2.51. The second-order valence-corrected chi connectivity index (χ2v) is 4.07. The minimum absolute atomic E-state index is 0.120. The van der Waals surface area contributed by atoms with E-state index in [1.807, 2.05) is 19.1 Å². The summed E-state index contributed by atoms with van der Waals surface area (Å²) in [6.45, 7) is 2.20. The summed E-state index contributed by atoms with van der Waals surface area (Å²) >= 11 is 0. The van der Waals surface area contributed by atoms with Crippen LogP contribution in [0.2, 0.25) is 0 Å². The van der Waals surface area contributed by atoms with Gasteiger partial charge in [-0.15, -0.1) is 0 Å². The van der Waals surface area contributed by atoms with Crippen LogP contribution in [0.25, 0.3) is 0 Å². The van der Waals surface area contributed by atoms with Gasteiger partial charge in [-0.25, -0.2) is 0 Å². The van der Waals surface area contributed by atoms with E-state index >= 15 is 0 Å². The lowest BCUT2D eigenvalue weighted by Gasteiger charge is -2.16. The number of aryl methyl sites for hydroxylation is 1. The number of hydrogen-bond donors (Lipinski definition) is 1. The van der Waals surface area contributed by atoms with Crippen molar-refractivity contribution in [3.63, 3.8) is 0 Å². The summed E-state index contributed by atoms with van der Waals surface area (Å²) in [5, 5.41) is 9.57. The van der Waals surface area contributed by atoms with E-state index in [0.29, 0.717) is 12.3 Å². The molecule has 2 aromatic heterocycles. The smallest absolute Gasteiger partial charge is 0.257 e. The van der Waals surface area contributed by atoms with E-state index in [4.69, 9.17) is 4.42 Å². The molecule has 0 spiro atoms. The first-order valence-electron chi connectivity index (χ1n) is 5.51. The van der Waals surface area contributed by atoms with Gasteiger partial charge in [0.05, 0.1) is 18.3 Å². The first kappa shape index (κ1) is 12.2. The molecular formula is C13H14N2O3. The Balaban J connectivity index is 2.12. The summed E-state index contributed by atoms with van der Waals surface area (Å²) in [5.41, 5.74) is 0.232. The molecule has 2 rings (SSSR count). The molecule has 5 heteroatoms. The molecule has 0 aliphatic heterocycles. The van der Waals surface area contributed by atoms with Gasteiger partial charge in [0, 0.05) is 13.2 Å². The predicted octanol–water partition coefficient (Wildman–Crippen LogP) is 1.96. The lowest BCUT2D eigenvalue weighted by atomic mass is 10.2. The molecule has 1 amide bonds. The molecule has 0 aliphatic rings. The SMILES string of the molecule is Cc1ccc(CN(C)C(=O)c2ccncc2O)o1. The van der Waals surface area contributed by atoms with Gasteiger partial charge in [-0.2, -0.15) is 0 Å². The first-order chi connectivity index (χ1) is 8.58. The van der Waals surface area contributed by atoms with E-state index in [9.17, 15) is 9.90 Å². The third-order valence-corrected chi connectivity index (χ3v) is 2.57. The van der Waals surface area contributed by atoms with Crippen molar-refractivity contribution in [2.24, 2.45) is 0 Å². The summed E-state index contributed by atoms with van der Waals surface area (Å²) in [6.07, 6.45) is 2.72. The van der Waals surface area contributed by atoms with Crippen LogP contribution in [0.1, 0.15) is 21.9 Å². The summed E-state index contributed by atoms with van der Waals surface area (Å²) in [4.78, 5) is 17.3. The molecule has 0 fully saturated rings. The zero-order valence-electron chi connectivity index (χ0n) is 10.3. The molecule has 0 bridgehead atoms. The number of rotatable bonds is 3. The zero-order valence-corrected chi connectivity index (χ0v) is 10.3. The maximum atomic E-state index is 12.1. The molecule has 94 valence electrons. The largest absolute Gasteiger partial charge is 0.505 e. The topological polar surface area (TPSA) is 66.6 Å². The molecular weight excluding hydrogens is 232 g/mol. The Kier molecular flexibility index (Phi) is 3.32. The van der Waals surface area contributed by atoms with Crippen molar-refractivity contribution in [3.8, 4) is 5.75 Å². The van der Waals surface area contributed by atoms with Gasteiger partial charge in [0.25, 0.3) is 5.91 Å². The number of hydrogen-bond acceptors (Lipinski definition) is 4. The van der Waals surface area contributed by atoms with Gasteiger partial charge in [0.15, 0.2) is 0 Å². The van der Waals surface area contributed by atoms with Crippen molar-refractivity contribution in [2.45, 2.75) is 13.5 Å². The van der Waals surface area contributed by atoms with Crippen LogP contribution in [0.15, 0.2) is 35.0 Å². The fourth-order valence-electron chi connectivity index (χ4n) is 1.65. The van der Waals surface area contributed by atoms with Crippen LogP contribution >= 0.6 is 0 Å². The number of aromatic nitrogens is 1. The number of aromatic hydroxyl groups is 1. The Labute approximate surface area is 105 Å². The van der Waals surface area contributed by atoms with Crippen molar-refractivity contribution in [1.29, 1.82) is 0 Å². The molecule has 0 aromatic carbocycles. The van der Waals surface area contributed by atoms with Gasteiger partial charge in [0.1, 0.15) is 17.3 Å². The van der Waals surface area contributed by atoms with E-state index in [0.717, 1.165) is 5.76 Å². The Bertz CT molecular complexity index is 563. The molecule has 1 N–H and O–H groups in total. The van der Waals surface area contributed by atoms with Crippen LogP contribution in [0.3, 0.4) is 0 Å². The van der Waals surface area contributed by atoms with E-state index in [2.05, 4.69) is 4.98 Å². The fraction of sp³-hybridized carbons (Fsp3) is 0.231. The Morgan fingerprint density at radius 2 is 2.22 bits per heavy atom. The summed E-state index contributed by atoms with van der Waals surface area (Å²) in [5.74, 6) is 1.11. The molecule has 2 aromatic rings. The molecule has 0 atom stereocenters. The van der Waals surface area contributed by atoms with Crippen LogP contribution in [-0.2, 0) is 6.54 Å². The van der Waals surface area contributed by atoms with Gasteiger partial charge in [-0.05, 0) is 25.1 Å². The van der Waals surface area contributed by atoms with Crippen molar-refractivity contribution in [3.05, 3.63) is 47.7 Å². The van der Waals surface area contributed by atoms with Crippen molar-refractivity contribution >= 4 is 5.91 Å². The highest BCUT2D eigenvalue weighted by molar-refractivity contribution is 5.96. The highest BCUT2D eigenvalue weighted by atomic mass is 16.3. The molecule has 0 unspecified atom stereocenters. The van der Waals surface area contributed by atoms with E-state index < -0.39 is 0 Å². The minimum Gasteiger partial charge on any atom is -0.505 e. The van der Waals surface area contributed by atoms with Crippen molar-refractivity contribution < 1.29 is 14.3 Å². The van der Waals surface area contributed by atoms with Gasteiger partial charge >= 0.3 is 0 Å². The molecule has 0 radical (unpaired) electrons. The second kappa shape index (κ2) is 4.91. The molecule has 2 heterocycles. The number of carbonyl (C=O) groups is 1. The van der Waals surface area contributed by atoms with Gasteiger partial charge < -0.3 is 14.4 Å². The van der Waals surface area contributed by atoms with Crippen LogP contribution in [0, 0.1) is 6.92 Å². The van der Waals surface area contributed by atoms with Crippen LogP contribution in [0.5, 0.6) is 5.75 Å². The van der Waals surface area contributed by atoms with Gasteiger partial charge in [-0.3, -0.25) is 9.78 Å². The quantitative estimate of drug-likeness (QED) is 0.899. The highest BCUT2D eigenvalue weighted by Gasteiger charge is 2.16. The molecule has 18 heavy (non-hydrogen) atoms. The van der Waals surface area contributed by atoms with Crippen LogP contribution < -0.4 is 0 Å². The lowest BCUT2D eigenvalue weighted by molar-refractivity contribution is 0.0772.